The van der Waals surface area contributed by atoms with Gasteiger partial charge in [-0.15, -0.1) is 15.1 Å². The number of hydrogen-bond acceptors (Lipinski definition) is 5. The van der Waals surface area contributed by atoms with E-state index in [2.05, 4.69) is 0 Å². The van der Waals surface area contributed by atoms with E-state index in [1.165, 1.54) is 0 Å². The second kappa shape index (κ2) is 3.76. The zero-order valence-corrected chi connectivity index (χ0v) is 10.5. The highest BCUT2D eigenvalue weighted by Gasteiger charge is 2.61. The fourth-order valence-corrected chi connectivity index (χ4v) is 3.68. The Bertz CT molecular complexity index is 537. The minimum atomic E-state index is -0.520. The number of carbonyl (C=O) groups excluding carboxylic acids is 4. The molecule has 4 amide bonds. The lowest BCUT2D eigenvalue weighted by Gasteiger charge is -2.20. The summed E-state index contributed by atoms with van der Waals surface area (Å²) in [7, 11) is 0. The van der Waals surface area contributed by atoms with Crippen LogP contribution in [-0.4, -0.2) is 33.8 Å². The highest BCUT2D eigenvalue weighted by Crippen LogP contribution is 2.52. The molecule has 2 saturated heterocycles. The van der Waals surface area contributed by atoms with Crippen LogP contribution in [-0.2, 0) is 24.1 Å². The third kappa shape index (κ3) is 1.33. The fraction of sp³-hybridized carbons (Fsp3) is 0.538. The predicted molar refractivity (Wildman–Crippen MR) is 61.7 cm³/mol. The minimum Gasteiger partial charge on any atom is -0.272 e. The standard InChI is InChI=1S/C13H12N2O5/c16-8-3-4-9(17)14(8)20-15-12(18)10-6-1-2-7(5-6)11(10)13(15)19/h1-2,6-7,10-11H,3-5H2/t6?,7?,10-,11+. The number of nitrogens with zero attached hydrogens (tertiary/aromatic N) is 2. The molecule has 20 heavy (non-hydrogen) atoms. The van der Waals surface area contributed by atoms with Gasteiger partial charge in [0.25, 0.3) is 23.6 Å². The van der Waals surface area contributed by atoms with E-state index in [4.69, 9.17) is 4.94 Å². The van der Waals surface area contributed by atoms with Crippen LogP contribution >= 0.6 is 0 Å². The number of hydroxylamine groups is 4. The first-order valence-corrected chi connectivity index (χ1v) is 6.68. The van der Waals surface area contributed by atoms with Gasteiger partial charge in [-0.05, 0) is 18.3 Å². The molecule has 7 nitrogen and oxygen atoms in total. The molecule has 2 unspecified atom stereocenters. The number of fused-ring (bicyclic) bond motifs is 5. The molecule has 2 aliphatic heterocycles. The maximum Gasteiger partial charge on any atom is 0.260 e. The summed E-state index contributed by atoms with van der Waals surface area (Å²) in [6.45, 7) is 0. The zero-order valence-electron chi connectivity index (χ0n) is 10.5. The van der Waals surface area contributed by atoms with E-state index in [0.29, 0.717) is 10.1 Å². The molecule has 2 heterocycles. The van der Waals surface area contributed by atoms with Gasteiger partial charge < -0.3 is 0 Å². The quantitative estimate of drug-likeness (QED) is 0.514. The number of amides is 4. The number of imide groups is 2. The van der Waals surface area contributed by atoms with Gasteiger partial charge in [-0.25, -0.2) is 0 Å². The smallest absolute Gasteiger partial charge is 0.260 e. The molecule has 104 valence electrons. The van der Waals surface area contributed by atoms with Crippen molar-refractivity contribution in [1.29, 1.82) is 0 Å². The molecule has 0 aromatic rings. The van der Waals surface area contributed by atoms with Crippen molar-refractivity contribution >= 4 is 23.6 Å². The van der Waals surface area contributed by atoms with Crippen molar-refractivity contribution < 1.29 is 24.1 Å². The van der Waals surface area contributed by atoms with Gasteiger partial charge in [0.05, 0.1) is 11.8 Å². The van der Waals surface area contributed by atoms with Gasteiger partial charge >= 0.3 is 0 Å². The monoisotopic (exact) mass is 276 g/mol. The molecule has 0 aromatic heterocycles. The maximum absolute atomic E-state index is 12.3. The van der Waals surface area contributed by atoms with Crippen LogP contribution in [0.5, 0.6) is 0 Å². The Balaban J connectivity index is 1.59. The van der Waals surface area contributed by atoms with Crippen LogP contribution in [0.15, 0.2) is 12.2 Å². The highest BCUT2D eigenvalue weighted by atomic mass is 16.9. The molecule has 0 aromatic carbocycles. The van der Waals surface area contributed by atoms with Crippen LogP contribution in [0.2, 0.25) is 0 Å². The summed E-state index contributed by atoms with van der Waals surface area (Å²) in [4.78, 5) is 52.6. The fourth-order valence-electron chi connectivity index (χ4n) is 3.68. The Morgan fingerprint density at radius 3 is 1.85 bits per heavy atom. The van der Waals surface area contributed by atoms with E-state index in [9.17, 15) is 19.2 Å². The third-order valence-corrected chi connectivity index (χ3v) is 4.60. The molecule has 0 N–H and O–H groups in total. The average Bonchev–Trinajstić information content (AvgIpc) is 3.14. The van der Waals surface area contributed by atoms with Crippen LogP contribution < -0.4 is 0 Å². The normalized spacial score (nSPS) is 38.6. The first-order chi connectivity index (χ1) is 9.58. The zero-order chi connectivity index (χ0) is 14.0. The first-order valence-electron chi connectivity index (χ1n) is 6.68. The van der Waals surface area contributed by atoms with Gasteiger partial charge in [0.15, 0.2) is 0 Å². The van der Waals surface area contributed by atoms with E-state index < -0.39 is 35.5 Å². The molecule has 1 saturated carbocycles. The van der Waals surface area contributed by atoms with Crippen molar-refractivity contribution in [2.75, 3.05) is 0 Å². The molecular formula is C13H12N2O5. The van der Waals surface area contributed by atoms with E-state index in [-0.39, 0.29) is 24.7 Å². The summed E-state index contributed by atoms with van der Waals surface area (Å²) in [6.07, 6.45) is 4.85. The van der Waals surface area contributed by atoms with Crippen molar-refractivity contribution in [3.63, 3.8) is 0 Å². The van der Waals surface area contributed by atoms with Crippen LogP contribution in [0.1, 0.15) is 19.3 Å². The topological polar surface area (TPSA) is 84.0 Å². The largest absolute Gasteiger partial charge is 0.272 e. The van der Waals surface area contributed by atoms with E-state index in [1.54, 1.807) is 0 Å². The predicted octanol–water partition coefficient (Wildman–Crippen LogP) is -0.211. The van der Waals surface area contributed by atoms with Crippen LogP contribution in [0, 0.1) is 23.7 Å². The van der Waals surface area contributed by atoms with Crippen molar-refractivity contribution in [2.24, 2.45) is 23.7 Å². The Morgan fingerprint density at radius 2 is 1.35 bits per heavy atom. The van der Waals surface area contributed by atoms with Gasteiger partial charge in [0.2, 0.25) is 0 Å². The molecule has 4 aliphatic rings. The maximum atomic E-state index is 12.3. The van der Waals surface area contributed by atoms with Crippen molar-refractivity contribution in [2.45, 2.75) is 19.3 Å². The van der Waals surface area contributed by atoms with Crippen molar-refractivity contribution in [3.05, 3.63) is 12.2 Å². The van der Waals surface area contributed by atoms with Gasteiger partial charge in [-0.2, -0.15) is 0 Å². The van der Waals surface area contributed by atoms with E-state index in [0.717, 1.165) is 6.42 Å². The van der Waals surface area contributed by atoms with Crippen molar-refractivity contribution in [1.82, 2.24) is 10.1 Å². The third-order valence-electron chi connectivity index (χ3n) is 4.60. The summed E-state index contributed by atoms with van der Waals surface area (Å²) in [5, 5.41) is 1.15. The lowest BCUT2D eigenvalue weighted by Crippen LogP contribution is -2.42. The molecule has 0 radical (unpaired) electrons. The summed E-state index contributed by atoms with van der Waals surface area (Å²) in [5.74, 6) is -2.58. The molecule has 4 rings (SSSR count). The van der Waals surface area contributed by atoms with E-state index in [1.807, 2.05) is 12.2 Å². The number of carbonyl (C=O) groups is 4. The minimum absolute atomic E-state index is 0.0503. The Hall–Kier alpha value is -2.02. The van der Waals surface area contributed by atoms with Crippen molar-refractivity contribution in [3.8, 4) is 0 Å². The Morgan fingerprint density at radius 1 is 0.850 bits per heavy atom. The Labute approximate surface area is 114 Å². The summed E-state index contributed by atoms with van der Waals surface area (Å²) < 4.78 is 0. The van der Waals surface area contributed by atoms with Crippen LogP contribution in [0.25, 0.3) is 0 Å². The molecule has 7 heteroatoms. The summed E-state index contributed by atoms with van der Waals surface area (Å²) in [6, 6.07) is 0. The SMILES string of the molecule is O=C1CCC(=O)N1ON1C(=O)[C@@H]2C3C=CC(C3)[C@@H]2C1=O. The van der Waals surface area contributed by atoms with Crippen LogP contribution in [0.4, 0.5) is 0 Å². The highest BCUT2D eigenvalue weighted by molar-refractivity contribution is 6.06. The number of hydrogen-bond donors (Lipinski definition) is 0. The van der Waals surface area contributed by atoms with E-state index >= 15 is 0 Å². The lowest BCUT2D eigenvalue weighted by molar-refractivity contribution is -0.270. The molecule has 2 aliphatic carbocycles. The molecular weight excluding hydrogens is 264 g/mol. The summed E-state index contributed by atoms with van der Waals surface area (Å²) >= 11 is 0. The van der Waals surface area contributed by atoms with Gasteiger partial charge in [0.1, 0.15) is 0 Å². The van der Waals surface area contributed by atoms with Crippen LogP contribution in [0.3, 0.4) is 0 Å². The summed E-state index contributed by atoms with van der Waals surface area (Å²) in [5.41, 5.74) is 0. The average molecular weight is 276 g/mol. The first kappa shape index (κ1) is 11.8. The lowest BCUT2D eigenvalue weighted by atomic mass is 9.85. The number of allylic oxidation sites excluding steroid dienone is 2. The molecule has 4 atom stereocenters. The Kier molecular flexibility index (Phi) is 2.21. The molecule has 3 fully saturated rings. The second-order valence-electron chi connectivity index (χ2n) is 5.63. The van der Waals surface area contributed by atoms with Gasteiger partial charge in [-0.3, -0.25) is 19.2 Å². The van der Waals surface area contributed by atoms with Gasteiger partial charge in [-0.1, -0.05) is 12.2 Å². The number of rotatable bonds is 2. The molecule has 2 bridgehead atoms. The second-order valence-corrected chi connectivity index (χ2v) is 5.63. The van der Waals surface area contributed by atoms with Gasteiger partial charge in [0, 0.05) is 12.8 Å². The molecule has 0 spiro atoms.